The van der Waals surface area contributed by atoms with Crippen LogP contribution in [-0.4, -0.2) is 55.4 Å². The Morgan fingerprint density at radius 3 is 2.88 bits per heavy atom. The molecular formula is C21H29NO4. The van der Waals surface area contributed by atoms with Crippen LogP contribution in [-0.2, 0) is 14.3 Å². The fourth-order valence-electron chi connectivity index (χ4n) is 4.11. The minimum absolute atomic E-state index is 0.153. The lowest BCUT2D eigenvalue weighted by Crippen LogP contribution is -2.36. The van der Waals surface area contributed by atoms with Crippen molar-refractivity contribution < 1.29 is 19.0 Å². The molecule has 2 saturated heterocycles. The molecule has 2 atom stereocenters. The summed E-state index contributed by atoms with van der Waals surface area (Å²) >= 11 is 0. The van der Waals surface area contributed by atoms with Crippen LogP contribution >= 0.6 is 0 Å². The first-order valence-corrected chi connectivity index (χ1v) is 9.94. The molecule has 1 spiro atoms. The Bertz CT molecular complexity index is 603. The van der Waals surface area contributed by atoms with E-state index in [1.165, 1.54) is 19.3 Å². The number of carbonyl (C=O) groups is 1. The van der Waals surface area contributed by atoms with Gasteiger partial charge in [0.25, 0.3) is 0 Å². The SMILES string of the molecule is O=C(CCOc1ccccc1)N1CC[C@]2(C[C@@H](OCC3CCC3)CO2)C1. The van der Waals surface area contributed by atoms with Gasteiger partial charge in [0.2, 0.25) is 5.91 Å². The van der Waals surface area contributed by atoms with E-state index in [1.54, 1.807) is 0 Å². The first-order chi connectivity index (χ1) is 12.7. The Morgan fingerprint density at radius 2 is 2.12 bits per heavy atom. The zero-order valence-corrected chi connectivity index (χ0v) is 15.4. The van der Waals surface area contributed by atoms with Gasteiger partial charge in [-0.2, -0.15) is 0 Å². The average Bonchev–Trinajstić information content (AvgIpc) is 3.22. The highest BCUT2D eigenvalue weighted by Crippen LogP contribution is 2.37. The van der Waals surface area contributed by atoms with Crippen molar-refractivity contribution in [2.75, 3.05) is 32.9 Å². The number of hydrogen-bond acceptors (Lipinski definition) is 4. The standard InChI is InChI=1S/C21H29NO4/c23-20(9-12-24-18-7-2-1-3-8-18)22-11-10-21(16-22)13-19(15-26-21)25-14-17-5-4-6-17/h1-3,7-8,17,19H,4-6,9-16H2/t19-,21+/m1/s1. The van der Waals surface area contributed by atoms with E-state index in [-0.39, 0.29) is 17.6 Å². The van der Waals surface area contributed by atoms with E-state index in [1.807, 2.05) is 35.2 Å². The number of hydrogen-bond donors (Lipinski definition) is 0. The maximum atomic E-state index is 12.5. The number of ether oxygens (including phenoxy) is 3. The molecule has 2 heterocycles. The fraction of sp³-hybridized carbons (Fsp3) is 0.667. The number of benzene rings is 1. The molecule has 3 aliphatic rings. The van der Waals surface area contributed by atoms with Crippen molar-refractivity contribution >= 4 is 5.91 Å². The molecule has 0 unspecified atom stereocenters. The molecule has 4 rings (SSSR count). The highest BCUT2D eigenvalue weighted by molar-refractivity contribution is 5.76. The second-order valence-electron chi connectivity index (χ2n) is 7.93. The molecule has 1 aromatic rings. The summed E-state index contributed by atoms with van der Waals surface area (Å²) in [6, 6.07) is 9.63. The summed E-state index contributed by atoms with van der Waals surface area (Å²) in [5.74, 6) is 1.72. The molecule has 5 heteroatoms. The lowest BCUT2D eigenvalue weighted by atomic mass is 9.86. The van der Waals surface area contributed by atoms with Crippen molar-refractivity contribution in [2.24, 2.45) is 5.92 Å². The fourth-order valence-corrected chi connectivity index (χ4v) is 4.11. The molecule has 1 aliphatic carbocycles. The van der Waals surface area contributed by atoms with Gasteiger partial charge in [0.1, 0.15) is 5.75 Å². The number of carbonyl (C=O) groups excluding carboxylic acids is 1. The van der Waals surface area contributed by atoms with Crippen LogP contribution in [0, 0.1) is 5.92 Å². The molecule has 1 aromatic carbocycles. The van der Waals surface area contributed by atoms with Crippen molar-refractivity contribution in [1.29, 1.82) is 0 Å². The van der Waals surface area contributed by atoms with Gasteiger partial charge in [-0.05, 0) is 37.3 Å². The molecule has 3 fully saturated rings. The number of rotatable bonds is 7. The maximum absolute atomic E-state index is 12.5. The number of para-hydroxylation sites is 1. The van der Waals surface area contributed by atoms with Gasteiger partial charge in [0.05, 0.1) is 31.3 Å². The van der Waals surface area contributed by atoms with Gasteiger partial charge in [-0.3, -0.25) is 4.79 Å². The Balaban J connectivity index is 1.18. The van der Waals surface area contributed by atoms with Gasteiger partial charge in [0, 0.05) is 26.1 Å². The van der Waals surface area contributed by atoms with E-state index in [4.69, 9.17) is 14.2 Å². The second-order valence-corrected chi connectivity index (χ2v) is 7.93. The van der Waals surface area contributed by atoms with Gasteiger partial charge in [-0.15, -0.1) is 0 Å². The van der Waals surface area contributed by atoms with Crippen molar-refractivity contribution in [1.82, 2.24) is 4.90 Å². The van der Waals surface area contributed by atoms with Crippen LogP contribution in [0.15, 0.2) is 30.3 Å². The molecule has 26 heavy (non-hydrogen) atoms. The molecule has 1 saturated carbocycles. The lowest BCUT2D eigenvalue weighted by molar-refractivity contribution is -0.131. The minimum atomic E-state index is -0.180. The molecule has 0 aromatic heterocycles. The van der Waals surface area contributed by atoms with Crippen LogP contribution in [0.25, 0.3) is 0 Å². The summed E-state index contributed by atoms with van der Waals surface area (Å²) in [4.78, 5) is 14.4. The highest BCUT2D eigenvalue weighted by atomic mass is 16.6. The summed E-state index contributed by atoms with van der Waals surface area (Å²) in [5.41, 5.74) is -0.180. The summed E-state index contributed by atoms with van der Waals surface area (Å²) < 4.78 is 17.8. The van der Waals surface area contributed by atoms with E-state index in [0.717, 1.165) is 37.7 Å². The van der Waals surface area contributed by atoms with E-state index in [9.17, 15) is 4.79 Å². The summed E-state index contributed by atoms with van der Waals surface area (Å²) in [7, 11) is 0. The zero-order valence-electron chi connectivity index (χ0n) is 15.4. The van der Waals surface area contributed by atoms with Crippen molar-refractivity contribution in [3.63, 3.8) is 0 Å². The predicted octanol–water partition coefficient (Wildman–Crippen LogP) is 3.03. The summed E-state index contributed by atoms with van der Waals surface area (Å²) in [5, 5.41) is 0. The monoisotopic (exact) mass is 359 g/mol. The van der Waals surface area contributed by atoms with Gasteiger partial charge in [0.15, 0.2) is 0 Å². The molecule has 5 nitrogen and oxygen atoms in total. The van der Waals surface area contributed by atoms with Gasteiger partial charge in [-0.1, -0.05) is 24.6 Å². The van der Waals surface area contributed by atoms with Crippen LogP contribution in [0.3, 0.4) is 0 Å². The van der Waals surface area contributed by atoms with Crippen LogP contribution in [0.1, 0.15) is 38.5 Å². The normalized spacial score (nSPS) is 28.5. The highest BCUT2D eigenvalue weighted by Gasteiger charge is 2.47. The Hall–Kier alpha value is -1.59. The Morgan fingerprint density at radius 1 is 1.27 bits per heavy atom. The average molecular weight is 359 g/mol. The Kier molecular flexibility index (Phi) is 5.46. The molecule has 2 aliphatic heterocycles. The quantitative estimate of drug-likeness (QED) is 0.751. The van der Waals surface area contributed by atoms with Gasteiger partial charge >= 0.3 is 0 Å². The Labute approximate surface area is 155 Å². The first-order valence-electron chi connectivity index (χ1n) is 9.94. The van der Waals surface area contributed by atoms with Gasteiger partial charge in [-0.25, -0.2) is 0 Å². The van der Waals surface area contributed by atoms with Crippen molar-refractivity contribution in [3.05, 3.63) is 30.3 Å². The minimum Gasteiger partial charge on any atom is -0.493 e. The first kappa shape index (κ1) is 17.8. The molecule has 0 radical (unpaired) electrons. The molecular weight excluding hydrogens is 330 g/mol. The van der Waals surface area contributed by atoms with Crippen molar-refractivity contribution in [2.45, 2.75) is 50.2 Å². The zero-order chi connectivity index (χ0) is 17.8. The number of amides is 1. The topological polar surface area (TPSA) is 48.0 Å². The third kappa shape index (κ3) is 4.21. The molecule has 0 N–H and O–H groups in total. The molecule has 0 bridgehead atoms. The lowest BCUT2D eigenvalue weighted by Gasteiger charge is -2.27. The smallest absolute Gasteiger partial charge is 0.226 e. The summed E-state index contributed by atoms with van der Waals surface area (Å²) in [6.07, 6.45) is 6.42. The second kappa shape index (κ2) is 7.97. The van der Waals surface area contributed by atoms with Crippen LogP contribution in [0.4, 0.5) is 0 Å². The van der Waals surface area contributed by atoms with Crippen molar-refractivity contribution in [3.8, 4) is 5.75 Å². The third-order valence-electron chi connectivity index (χ3n) is 5.96. The van der Waals surface area contributed by atoms with Crippen LogP contribution < -0.4 is 4.74 Å². The van der Waals surface area contributed by atoms with E-state index < -0.39 is 0 Å². The predicted molar refractivity (Wildman–Crippen MR) is 98.1 cm³/mol. The number of likely N-dealkylation sites (tertiary alicyclic amines) is 1. The van der Waals surface area contributed by atoms with Crippen LogP contribution in [0.2, 0.25) is 0 Å². The van der Waals surface area contributed by atoms with E-state index in [2.05, 4.69) is 0 Å². The molecule has 1 amide bonds. The maximum Gasteiger partial charge on any atom is 0.226 e. The number of nitrogens with zero attached hydrogens (tertiary/aromatic N) is 1. The van der Waals surface area contributed by atoms with Crippen LogP contribution in [0.5, 0.6) is 5.75 Å². The third-order valence-corrected chi connectivity index (χ3v) is 5.96. The van der Waals surface area contributed by atoms with E-state index >= 15 is 0 Å². The largest absolute Gasteiger partial charge is 0.493 e. The molecule has 142 valence electrons. The van der Waals surface area contributed by atoms with Gasteiger partial charge < -0.3 is 19.1 Å². The summed E-state index contributed by atoms with van der Waals surface area (Å²) in [6.45, 7) is 3.44. The van der Waals surface area contributed by atoms with E-state index in [0.29, 0.717) is 26.2 Å².